The molecule has 5 nitrogen and oxygen atoms in total. The number of rotatable bonds is 4. The first kappa shape index (κ1) is 15.2. The van der Waals surface area contributed by atoms with Crippen molar-refractivity contribution in [2.24, 2.45) is 0 Å². The van der Waals surface area contributed by atoms with Crippen molar-refractivity contribution < 1.29 is 10.2 Å². The number of halogens is 1. The van der Waals surface area contributed by atoms with Gasteiger partial charge in [-0.3, -0.25) is 0 Å². The third kappa shape index (κ3) is 3.54. The molecule has 2 rings (SSSR count). The summed E-state index contributed by atoms with van der Waals surface area (Å²) in [6, 6.07) is 6.73. The summed E-state index contributed by atoms with van der Waals surface area (Å²) in [6.45, 7) is 4.58. The van der Waals surface area contributed by atoms with Gasteiger partial charge in [-0.25, -0.2) is 4.68 Å². The van der Waals surface area contributed by atoms with Gasteiger partial charge in [0.25, 0.3) is 0 Å². The highest BCUT2D eigenvalue weighted by atomic mass is 35.5. The van der Waals surface area contributed by atoms with Crippen molar-refractivity contribution in [3.63, 3.8) is 0 Å². The molecule has 1 aromatic carbocycles. The molecule has 0 aliphatic rings. The molecule has 19 heavy (non-hydrogen) atoms. The third-order valence-electron chi connectivity index (χ3n) is 2.69. The first-order chi connectivity index (χ1) is 8.58. The van der Waals surface area contributed by atoms with Gasteiger partial charge in [0.15, 0.2) is 0 Å². The van der Waals surface area contributed by atoms with E-state index >= 15 is 0 Å². The van der Waals surface area contributed by atoms with Crippen LogP contribution in [-0.2, 0) is 6.54 Å². The highest BCUT2D eigenvalue weighted by Crippen LogP contribution is 2.23. The van der Waals surface area contributed by atoms with Crippen molar-refractivity contribution in [3.05, 3.63) is 36.0 Å². The number of nitrogens with one attached hydrogen (secondary N) is 1. The SMILES string of the molecule is CC(C)n1nccc1NCc1ccc(O)cc1O.Cl. The molecule has 1 heterocycles. The summed E-state index contributed by atoms with van der Waals surface area (Å²) in [5.74, 6) is 1.04. The Morgan fingerprint density at radius 2 is 2.00 bits per heavy atom. The van der Waals surface area contributed by atoms with E-state index < -0.39 is 0 Å². The van der Waals surface area contributed by atoms with Crippen LogP contribution in [0.25, 0.3) is 0 Å². The van der Waals surface area contributed by atoms with Gasteiger partial charge in [-0.15, -0.1) is 12.4 Å². The van der Waals surface area contributed by atoms with Crippen molar-refractivity contribution in [2.45, 2.75) is 26.4 Å². The lowest BCUT2D eigenvalue weighted by Crippen LogP contribution is -2.09. The summed E-state index contributed by atoms with van der Waals surface area (Å²) in [5, 5.41) is 26.3. The van der Waals surface area contributed by atoms with Gasteiger partial charge in [0.2, 0.25) is 0 Å². The van der Waals surface area contributed by atoms with E-state index in [1.54, 1.807) is 18.3 Å². The van der Waals surface area contributed by atoms with E-state index in [1.807, 2.05) is 10.7 Å². The van der Waals surface area contributed by atoms with E-state index in [2.05, 4.69) is 24.3 Å². The summed E-state index contributed by atoms with van der Waals surface area (Å²) in [7, 11) is 0. The van der Waals surface area contributed by atoms with Gasteiger partial charge in [0.1, 0.15) is 17.3 Å². The summed E-state index contributed by atoms with van der Waals surface area (Å²) in [4.78, 5) is 0. The van der Waals surface area contributed by atoms with Gasteiger partial charge in [-0.2, -0.15) is 5.10 Å². The van der Waals surface area contributed by atoms with Crippen LogP contribution in [0.5, 0.6) is 11.5 Å². The highest BCUT2D eigenvalue weighted by molar-refractivity contribution is 5.85. The largest absolute Gasteiger partial charge is 0.508 e. The molecule has 0 atom stereocenters. The first-order valence-corrected chi connectivity index (χ1v) is 5.86. The predicted octanol–water partition coefficient (Wildman–Crippen LogP) is 2.91. The Bertz CT molecular complexity index is 540. The first-order valence-electron chi connectivity index (χ1n) is 5.86. The van der Waals surface area contributed by atoms with Crippen LogP contribution in [-0.4, -0.2) is 20.0 Å². The average molecular weight is 284 g/mol. The molecule has 0 saturated heterocycles. The molecule has 6 heteroatoms. The van der Waals surface area contributed by atoms with Gasteiger partial charge in [-0.1, -0.05) is 0 Å². The van der Waals surface area contributed by atoms with Crippen molar-refractivity contribution in [2.75, 3.05) is 5.32 Å². The van der Waals surface area contributed by atoms with Crippen LogP contribution in [0, 0.1) is 0 Å². The topological polar surface area (TPSA) is 70.3 Å². The maximum Gasteiger partial charge on any atom is 0.124 e. The van der Waals surface area contributed by atoms with Crippen LogP contribution < -0.4 is 5.32 Å². The minimum absolute atomic E-state index is 0. The number of benzene rings is 1. The molecule has 0 saturated carbocycles. The lowest BCUT2D eigenvalue weighted by atomic mass is 10.2. The van der Waals surface area contributed by atoms with E-state index in [-0.39, 0.29) is 29.9 Å². The van der Waals surface area contributed by atoms with Crippen molar-refractivity contribution in [1.29, 1.82) is 0 Å². The van der Waals surface area contributed by atoms with E-state index in [0.717, 1.165) is 11.4 Å². The summed E-state index contributed by atoms with van der Waals surface area (Å²) in [6.07, 6.45) is 1.74. The predicted molar refractivity (Wildman–Crippen MR) is 77.0 cm³/mol. The molecule has 1 aromatic heterocycles. The van der Waals surface area contributed by atoms with Crippen molar-refractivity contribution in [1.82, 2.24) is 9.78 Å². The normalized spacial score (nSPS) is 10.3. The van der Waals surface area contributed by atoms with Crippen LogP contribution in [0.4, 0.5) is 5.82 Å². The van der Waals surface area contributed by atoms with E-state index in [4.69, 9.17) is 0 Å². The molecule has 0 spiro atoms. The molecule has 0 bridgehead atoms. The number of nitrogens with zero attached hydrogens (tertiary/aromatic N) is 2. The Balaban J connectivity index is 0.00000180. The Hall–Kier alpha value is -1.88. The maximum absolute atomic E-state index is 9.68. The van der Waals surface area contributed by atoms with Crippen LogP contribution >= 0.6 is 12.4 Å². The standard InChI is InChI=1S/C13H17N3O2.ClH/c1-9(2)16-13(5-6-15-16)14-8-10-3-4-11(17)7-12(10)18;/h3-7,9,14,17-18H,8H2,1-2H3;1H. The fraction of sp³-hybridized carbons (Fsp3) is 0.308. The zero-order valence-electron chi connectivity index (χ0n) is 10.9. The molecule has 0 radical (unpaired) electrons. The molecular weight excluding hydrogens is 266 g/mol. The summed E-state index contributed by atoms with van der Waals surface area (Å²) >= 11 is 0. The van der Waals surface area contributed by atoms with Gasteiger partial charge in [0, 0.05) is 30.3 Å². The number of hydrogen-bond acceptors (Lipinski definition) is 4. The monoisotopic (exact) mass is 283 g/mol. The Morgan fingerprint density at radius 1 is 1.26 bits per heavy atom. The molecule has 0 amide bonds. The fourth-order valence-electron chi connectivity index (χ4n) is 1.75. The zero-order chi connectivity index (χ0) is 13.1. The number of phenolic OH excluding ortho intramolecular Hbond substituents is 2. The number of aromatic nitrogens is 2. The number of hydrogen-bond donors (Lipinski definition) is 3. The molecule has 0 fully saturated rings. The lowest BCUT2D eigenvalue weighted by Gasteiger charge is -2.13. The van der Waals surface area contributed by atoms with Crippen molar-refractivity contribution >= 4 is 18.2 Å². The van der Waals surface area contributed by atoms with E-state index in [9.17, 15) is 10.2 Å². The van der Waals surface area contributed by atoms with Gasteiger partial charge in [-0.05, 0) is 26.0 Å². The molecule has 0 unspecified atom stereocenters. The van der Waals surface area contributed by atoms with Crippen LogP contribution in [0.2, 0.25) is 0 Å². The third-order valence-corrected chi connectivity index (χ3v) is 2.69. The lowest BCUT2D eigenvalue weighted by molar-refractivity contribution is 0.446. The smallest absolute Gasteiger partial charge is 0.124 e. The number of anilines is 1. The van der Waals surface area contributed by atoms with Crippen LogP contribution in [0.15, 0.2) is 30.5 Å². The molecule has 0 aliphatic heterocycles. The van der Waals surface area contributed by atoms with Gasteiger partial charge < -0.3 is 15.5 Å². The molecule has 104 valence electrons. The van der Waals surface area contributed by atoms with Crippen LogP contribution in [0.1, 0.15) is 25.5 Å². The molecule has 0 aliphatic carbocycles. The molecule has 2 aromatic rings. The Kier molecular flexibility index (Phi) is 5.06. The maximum atomic E-state index is 9.68. The summed E-state index contributed by atoms with van der Waals surface area (Å²) in [5.41, 5.74) is 0.726. The fourth-order valence-corrected chi connectivity index (χ4v) is 1.75. The average Bonchev–Trinajstić information content (AvgIpc) is 2.76. The Morgan fingerprint density at radius 3 is 2.63 bits per heavy atom. The second-order valence-electron chi connectivity index (χ2n) is 4.42. The minimum atomic E-state index is 0. The second kappa shape index (κ2) is 6.33. The van der Waals surface area contributed by atoms with E-state index in [0.29, 0.717) is 6.54 Å². The number of aromatic hydroxyl groups is 2. The number of phenols is 2. The molecule has 3 N–H and O–H groups in total. The zero-order valence-corrected chi connectivity index (χ0v) is 11.7. The molecular formula is C13H18ClN3O2. The Labute approximate surface area is 118 Å². The van der Waals surface area contributed by atoms with E-state index in [1.165, 1.54) is 6.07 Å². The summed E-state index contributed by atoms with van der Waals surface area (Å²) < 4.78 is 1.87. The van der Waals surface area contributed by atoms with Crippen molar-refractivity contribution in [3.8, 4) is 11.5 Å². The second-order valence-corrected chi connectivity index (χ2v) is 4.42. The van der Waals surface area contributed by atoms with Gasteiger partial charge >= 0.3 is 0 Å². The minimum Gasteiger partial charge on any atom is -0.508 e. The van der Waals surface area contributed by atoms with Gasteiger partial charge in [0.05, 0.1) is 6.20 Å². The quantitative estimate of drug-likeness (QED) is 0.807. The highest BCUT2D eigenvalue weighted by Gasteiger charge is 2.07. The van der Waals surface area contributed by atoms with Crippen LogP contribution in [0.3, 0.4) is 0 Å².